The van der Waals surface area contributed by atoms with Crippen molar-refractivity contribution in [3.8, 4) is 0 Å². The highest BCUT2D eigenvalue weighted by molar-refractivity contribution is 6.76. The fraction of sp³-hybridized carbons (Fsp3) is 0.650. The second-order valence-corrected chi connectivity index (χ2v) is 15.5. The van der Waals surface area contributed by atoms with Crippen LogP contribution in [-0.4, -0.2) is 42.6 Å². The minimum Gasteiger partial charge on any atom is -0.399 e. The van der Waals surface area contributed by atoms with E-state index in [9.17, 15) is 0 Å². The van der Waals surface area contributed by atoms with Crippen molar-refractivity contribution in [3.63, 3.8) is 0 Å². The van der Waals surface area contributed by atoms with Gasteiger partial charge in [-0.2, -0.15) is 0 Å². The van der Waals surface area contributed by atoms with E-state index in [1.165, 1.54) is 0 Å². The summed E-state index contributed by atoms with van der Waals surface area (Å²) in [5, 5.41) is 1.12. The van der Waals surface area contributed by atoms with Crippen molar-refractivity contribution in [1.82, 2.24) is 9.55 Å². The predicted octanol–water partition coefficient (Wildman–Crippen LogP) is 3.96. The van der Waals surface area contributed by atoms with Crippen LogP contribution < -0.4 is 5.46 Å². The lowest BCUT2D eigenvalue weighted by molar-refractivity contribution is 0.00578. The molecular weight excluding hydrogens is 355 g/mol. The highest BCUT2D eigenvalue weighted by Gasteiger charge is 2.52. The number of fused-ring (bicyclic) bond motifs is 1. The van der Waals surface area contributed by atoms with Crippen LogP contribution in [0.3, 0.4) is 0 Å². The number of aromatic nitrogens is 2. The van der Waals surface area contributed by atoms with Gasteiger partial charge in [-0.05, 0) is 46.7 Å². The molecule has 3 rings (SSSR count). The average molecular weight is 388 g/mol. The molecule has 27 heavy (non-hydrogen) atoms. The predicted molar refractivity (Wildman–Crippen MR) is 114 cm³/mol. The summed E-state index contributed by atoms with van der Waals surface area (Å²) in [6.45, 7) is 18.7. The molecule has 3 heterocycles. The lowest BCUT2D eigenvalue weighted by Gasteiger charge is -2.32. The van der Waals surface area contributed by atoms with Gasteiger partial charge in [0.15, 0.2) is 0 Å². The van der Waals surface area contributed by atoms with Crippen molar-refractivity contribution >= 4 is 31.6 Å². The normalized spacial score (nSPS) is 19.2. The van der Waals surface area contributed by atoms with Crippen LogP contribution in [0.25, 0.3) is 10.9 Å². The first-order chi connectivity index (χ1) is 12.4. The van der Waals surface area contributed by atoms with Gasteiger partial charge in [0.05, 0.1) is 22.9 Å². The molecule has 0 radical (unpaired) electrons. The van der Waals surface area contributed by atoms with Crippen molar-refractivity contribution in [2.24, 2.45) is 0 Å². The number of pyridine rings is 1. The first-order valence-electron chi connectivity index (χ1n) is 9.78. The van der Waals surface area contributed by atoms with E-state index in [1.54, 1.807) is 0 Å². The highest BCUT2D eigenvalue weighted by atomic mass is 28.3. The molecule has 0 spiro atoms. The summed E-state index contributed by atoms with van der Waals surface area (Å²) >= 11 is 0. The van der Waals surface area contributed by atoms with Gasteiger partial charge in [0.25, 0.3) is 0 Å². The molecule has 0 unspecified atom stereocenters. The van der Waals surface area contributed by atoms with E-state index in [2.05, 4.69) is 69.2 Å². The number of nitrogens with zero attached hydrogens (tertiary/aromatic N) is 2. The van der Waals surface area contributed by atoms with E-state index < -0.39 is 8.07 Å². The lowest BCUT2D eigenvalue weighted by Crippen LogP contribution is -2.41. The summed E-state index contributed by atoms with van der Waals surface area (Å²) in [6.07, 6.45) is 4.02. The summed E-state index contributed by atoms with van der Waals surface area (Å²) < 4.78 is 20.7. The molecule has 0 amide bonds. The molecule has 0 N–H and O–H groups in total. The Hall–Kier alpha value is -1.15. The Balaban J connectivity index is 1.87. The fourth-order valence-corrected chi connectivity index (χ4v) is 3.88. The molecule has 148 valence electrons. The van der Waals surface area contributed by atoms with Crippen LogP contribution in [0.1, 0.15) is 33.4 Å². The maximum absolute atomic E-state index is 6.29. The molecule has 0 atom stereocenters. The van der Waals surface area contributed by atoms with Crippen molar-refractivity contribution in [2.75, 3.05) is 6.61 Å². The van der Waals surface area contributed by atoms with Gasteiger partial charge in [-0.15, -0.1) is 0 Å². The van der Waals surface area contributed by atoms with Gasteiger partial charge in [0.1, 0.15) is 6.73 Å². The van der Waals surface area contributed by atoms with Gasteiger partial charge < -0.3 is 18.6 Å². The molecule has 7 heteroatoms. The molecule has 1 aliphatic heterocycles. The van der Waals surface area contributed by atoms with Crippen molar-refractivity contribution in [3.05, 3.63) is 24.2 Å². The van der Waals surface area contributed by atoms with E-state index >= 15 is 0 Å². The van der Waals surface area contributed by atoms with E-state index in [0.717, 1.165) is 34.7 Å². The Morgan fingerprint density at radius 2 is 1.78 bits per heavy atom. The van der Waals surface area contributed by atoms with Crippen LogP contribution in [-0.2, 0) is 20.8 Å². The van der Waals surface area contributed by atoms with Crippen LogP contribution >= 0.6 is 0 Å². The molecule has 0 bridgehead atoms. The minimum absolute atomic E-state index is 0.359. The first kappa shape index (κ1) is 20.6. The molecule has 1 saturated heterocycles. The van der Waals surface area contributed by atoms with E-state index in [-0.39, 0.29) is 18.3 Å². The molecule has 5 nitrogen and oxygen atoms in total. The number of ether oxygens (including phenoxy) is 1. The van der Waals surface area contributed by atoms with E-state index in [4.69, 9.17) is 14.0 Å². The molecular formula is C20H33BN2O3Si. The van der Waals surface area contributed by atoms with Crippen LogP contribution in [0.4, 0.5) is 0 Å². The topological polar surface area (TPSA) is 45.5 Å². The third kappa shape index (κ3) is 4.31. The first-order valence-corrected chi connectivity index (χ1v) is 13.5. The smallest absolute Gasteiger partial charge is 0.399 e. The third-order valence-electron chi connectivity index (χ3n) is 5.67. The van der Waals surface area contributed by atoms with Gasteiger partial charge in [0.2, 0.25) is 0 Å². The number of aryl methyl sites for hydroxylation is 1. The summed E-state index contributed by atoms with van der Waals surface area (Å²) in [5.74, 6) is 0. The zero-order valence-corrected chi connectivity index (χ0v) is 19.0. The Labute approximate surface area is 164 Å². The second kappa shape index (κ2) is 7.03. The van der Waals surface area contributed by atoms with Gasteiger partial charge in [-0.1, -0.05) is 19.6 Å². The lowest BCUT2D eigenvalue weighted by atomic mass is 9.79. The van der Waals surface area contributed by atoms with Crippen molar-refractivity contribution in [1.29, 1.82) is 0 Å². The molecule has 2 aromatic rings. The largest absolute Gasteiger partial charge is 0.497 e. The number of hydrogen-bond acceptors (Lipinski definition) is 4. The molecule has 0 saturated carbocycles. The van der Waals surface area contributed by atoms with Crippen LogP contribution in [0.2, 0.25) is 25.7 Å². The zero-order valence-electron chi connectivity index (χ0n) is 18.0. The van der Waals surface area contributed by atoms with Gasteiger partial charge in [-0.25, -0.2) is 0 Å². The molecule has 0 aromatic carbocycles. The summed E-state index contributed by atoms with van der Waals surface area (Å²) in [4.78, 5) is 4.48. The maximum atomic E-state index is 6.29. The Kier molecular flexibility index (Phi) is 5.36. The number of rotatable bonds is 6. The maximum Gasteiger partial charge on any atom is 0.497 e. The zero-order chi connectivity index (χ0) is 20.0. The third-order valence-corrected chi connectivity index (χ3v) is 7.37. The molecule has 1 fully saturated rings. The SMILES string of the molecule is Cc1cc2c(B3OC(C)(C)C(C)(C)O3)cn(COCC[Si](C)(C)C)c2cn1. The summed E-state index contributed by atoms with van der Waals surface area (Å²) in [5.41, 5.74) is 2.36. The minimum atomic E-state index is -1.09. The Morgan fingerprint density at radius 3 is 2.37 bits per heavy atom. The van der Waals surface area contributed by atoms with Crippen molar-refractivity contribution in [2.45, 2.75) is 78.2 Å². The van der Waals surface area contributed by atoms with Crippen molar-refractivity contribution < 1.29 is 14.0 Å². The summed E-state index contributed by atoms with van der Waals surface area (Å²) in [6, 6.07) is 3.27. The van der Waals surface area contributed by atoms with Crippen LogP contribution in [0.5, 0.6) is 0 Å². The molecule has 2 aromatic heterocycles. The second-order valence-electron chi connectivity index (χ2n) is 9.83. The van der Waals surface area contributed by atoms with Gasteiger partial charge in [0, 0.05) is 37.4 Å². The van der Waals surface area contributed by atoms with Crippen LogP contribution in [0.15, 0.2) is 18.5 Å². The number of hydrogen-bond donors (Lipinski definition) is 0. The standard InChI is InChI=1S/C20H33BN2O3Si/c1-15-11-16-17(21-25-19(2,3)20(4,5)26-21)13-23(18(16)12-22-15)14-24-9-10-27(6,7)8/h11-13H,9-10,14H2,1-8H3. The summed E-state index contributed by atoms with van der Waals surface area (Å²) in [7, 11) is -1.48. The Morgan fingerprint density at radius 1 is 1.15 bits per heavy atom. The monoisotopic (exact) mass is 388 g/mol. The van der Waals surface area contributed by atoms with E-state index in [0.29, 0.717) is 6.73 Å². The Bertz CT molecular complexity index is 810. The quantitative estimate of drug-likeness (QED) is 0.555. The average Bonchev–Trinajstić information content (AvgIpc) is 2.97. The van der Waals surface area contributed by atoms with Gasteiger partial charge in [-0.3, -0.25) is 4.98 Å². The fourth-order valence-electron chi connectivity index (χ4n) is 3.13. The van der Waals surface area contributed by atoms with E-state index in [1.807, 2.05) is 13.1 Å². The molecule has 1 aliphatic rings. The van der Waals surface area contributed by atoms with Gasteiger partial charge >= 0.3 is 7.12 Å². The molecule has 0 aliphatic carbocycles. The van der Waals surface area contributed by atoms with Crippen LogP contribution in [0, 0.1) is 6.92 Å². The highest BCUT2D eigenvalue weighted by Crippen LogP contribution is 2.37.